The number of carbonyl (C=O) groups is 6. The Morgan fingerprint density at radius 1 is 0.645 bits per heavy atom. The SMILES string of the molecule is NC(=O)[C@@H]1CC[C@@H]2CN1C(=O)N2OS(=O)(=O)[O-].O=C(NC1CCNCC1)[C@@H]1CC[C@@H]2CN1C(=O)N2OS(=O)(=O)[O-].[NH3+]CCONC(=O)[C@@H]1CC[C@@H]2CN1C(=O)N2OS(=O)(=O)[O-].[Na+]. The van der Waals surface area contributed by atoms with Crippen LogP contribution in [-0.4, -0.2) is 193 Å². The molecule has 0 saturated carbocycles. The van der Waals surface area contributed by atoms with Gasteiger partial charge < -0.3 is 50.5 Å². The van der Waals surface area contributed by atoms with E-state index >= 15 is 0 Å². The fourth-order valence-corrected chi connectivity index (χ4v) is 9.00. The van der Waals surface area contributed by atoms with Crippen LogP contribution in [0.15, 0.2) is 0 Å². The summed E-state index contributed by atoms with van der Waals surface area (Å²) < 4.78 is 108. The first kappa shape index (κ1) is 51.3. The summed E-state index contributed by atoms with van der Waals surface area (Å²) in [7, 11) is -15.1. The molecule has 7 aliphatic heterocycles. The molecule has 0 spiro atoms. The molecule has 30 nitrogen and oxygen atoms in total. The molecule has 7 fully saturated rings. The number of hydrogen-bond acceptors (Lipinski definition) is 20. The Bertz CT molecular complexity index is 2030. The normalized spacial score (nSPS) is 27.2. The Labute approximate surface area is 377 Å². The van der Waals surface area contributed by atoms with E-state index in [-0.39, 0.29) is 67.7 Å². The minimum atomic E-state index is -5.04. The summed E-state index contributed by atoms with van der Waals surface area (Å²) >= 11 is 0. The van der Waals surface area contributed by atoms with Crippen molar-refractivity contribution < 1.29 is 121 Å². The van der Waals surface area contributed by atoms with Crippen LogP contribution in [0.4, 0.5) is 14.4 Å². The Hall–Kier alpha value is -3.29. The van der Waals surface area contributed by atoms with Gasteiger partial charge in [0.2, 0.25) is 43.0 Å². The van der Waals surface area contributed by atoms with E-state index in [1.54, 1.807) is 0 Å². The first-order valence-electron chi connectivity index (χ1n) is 18.7. The van der Waals surface area contributed by atoms with Crippen molar-refractivity contribution in [3.05, 3.63) is 0 Å². The van der Waals surface area contributed by atoms with E-state index in [9.17, 15) is 67.7 Å². The molecular weight excluding hydrogens is 914 g/mol. The Morgan fingerprint density at radius 3 is 1.39 bits per heavy atom. The molecule has 8 N–H and O–H groups in total. The number of nitrogens with two attached hydrogens (primary N) is 1. The molecule has 34 heteroatoms. The molecule has 7 aliphatic rings. The number of primary amides is 1. The molecule has 9 amide bonds. The monoisotopic (exact) mass is 958 g/mol. The topological polar surface area (TPSA) is 420 Å². The molecule has 0 aliphatic carbocycles. The largest absolute Gasteiger partial charge is 1.00 e. The number of amides is 9. The van der Waals surface area contributed by atoms with Gasteiger partial charge in [-0.15, -0.1) is 0 Å². The molecule has 7 saturated heterocycles. The maximum atomic E-state index is 12.4. The van der Waals surface area contributed by atoms with Crippen LogP contribution >= 0.6 is 0 Å². The second-order valence-electron chi connectivity index (χ2n) is 14.6. The third kappa shape index (κ3) is 13.1. The first-order chi connectivity index (χ1) is 28.5. The second-order valence-corrected chi connectivity index (χ2v) is 17.5. The van der Waals surface area contributed by atoms with Gasteiger partial charge in [0, 0.05) is 25.7 Å². The van der Waals surface area contributed by atoms with Crippen molar-refractivity contribution in [1.29, 1.82) is 0 Å². The van der Waals surface area contributed by atoms with Gasteiger partial charge in [0.25, 0.3) is 5.91 Å². The van der Waals surface area contributed by atoms with Crippen molar-refractivity contribution in [1.82, 2.24) is 46.0 Å². The molecule has 6 atom stereocenters. The average Bonchev–Trinajstić information content (AvgIpc) is 3.65. The van der Waals surface area contributed by atoms with Crippen LogP contribution in [-0.2, 0) is 63.3 Å². The standard InChI is InChI=1S/C12H20N4O6S.C9H16N4O7S.C7H11N3O6S.Na/c17-11(14-8-3-5-13-6-4-8)10-2-1-9-7-15(10)12(18)16(9)22-23(19,20)21;10-3-4-19-11-8(14)7-2-1-6-5-12(7)9(15)13(6)20-21(16,17)18;8-6(11)5-2-1-4-3-9(5)7(12)10(4)16-17(13,14)15;/h8-10,13H,1-7H2,(H,14,17)(H,19,20,21);6-7H,1-5,10H2,(H,11,14)(H,16,17,18);4-5H,1-3H2,(H2,8,11)(H,13,14,15);/q;;;+1/p-2/t9-,10+;6-,7+;4-,5+;/m111./s1. The fraction of sp³-hybridized carbons (Fsp3) is 0.786. The molecule has 7 rings (SSSR count). The van der Waals surface area contributed by atoms with Gasteiger partial charge in [0.1, 0.15) is 31.3 Å². The number of urea groups is 3. The van der Waals surface area contributed by atoms with Gasteiger partial charge >= 0.3 is 47.7 Å². The molecule has 7 heterocycles. The van der Waals surface area contributed by atoms with Crippen LogP contribution in [0.5, 0.6) is 0 Å². The Balaban J connectivity index is 0.000000205. The van der Waals surface area contributed by atoms with Gasteiger partial charge in [-0.1, -0.05) is 0 Å². The summed E-state index contributed by atoms with van der Waals surface area (Å²) in [5, 5.41) is 7.76. The maximum absolute atomic E-state index is 12.4. The van der Waals surface area contributed by atoms with Crippen molar-refractivity contribution in [2.75, 3.05) is 45.9 Å². The number of fused-ring (bicyclic) bond motifs is 6. The summed E-state index contributed by atoms with van der Waals surface area (Å²) in [6.07, 6.45) is 3.81. The number of hydrogen-bond donors (Lipinski definition) is 5. The van der Waals surface area contributed by atoms with Gasteiger partial charge in [-0.05, 0) is 64.5 Å². The van der Waals surface area contributed by atoms with Crippen LogP contribution < -0.4 is 57.1 Å². The zero-order chi connectivity index (χ0) is 45.0. The smallest absolute Gasteiger partial charge is 0.724 e. The van der Waals surface area contributed by atoms with Crippen molar-refractivity contribution in [3.63, 3.8) is 0 Å². The predicted molar refractivity (Wildman–Crippen MR) is 190 cm³/mol. The van der Waals surface area contributed by atoms with Gasteiger partial charge in [-0.25, -0.2) is 45.1 Å². The van der Waals surface area contributed by atoms with Crippen LogP contribution in [0.2, 0.25) is 0 Å². The zero-order valence-corrected chi connectivity index (χ0v) is 37.5. The van der Waals surface area contributed by atoms with Crippen molar-refractivity contribution in [2.24, 2.45) is 5.73 Å². The number of piperidine rings is 4. The first-order valence-corrected chi connectivity index (χ1v) is 22.7. The van der Waals surface area contributed by atoms with Crippen molar-refractivity contribution in [2.45, 2.75) is 93.7 Å². The zero-order valence-electron chi connectivity index (χ0n) is 33.1. The molecule has 0 aromatic heterocycles. The van der Waals surface area contributed by atoms with E-state index in [1.807, 2.05) is 0 Å². The fourth-order valence-electron chi connectivity index (χ4n) is 7.85. The third-order valence-electron chi connectivity index (χ3n) is 10.5. The van der Waals surface area contributed by atoms with E-state index in [0.29, 0.717) is 60.3 Å². The van der Waals surface area contributed by atoms with E-state index in [2.05, 4.69) is 34.7 Å². The Morgan fingerprint density at radius 2 is 1.02 bits per heavy atom. The third-order valence-corrected chi connectivity index (χ3v) is 11.6. The molecule has 346 valence electrons. The van der Waals surface area contributed by atoms with Crippen LogP contribution in [0.3, 0.4) is 0 Å². The van der Waals surface area contributed by atoms with Crippen molar-refractivity contribution >= 4 is 67.0 Å². The molecule has 6 bridgehead atoms. The molecule has 0 unspecified atom stereocenters. The Kier molecular flexibility index (Phi) is 17.5. The van der Waals surface area contributed by atoms with E-state index in [1.165, 1.54) is 4.90 Å². The summed E-state index contributed by atoms with van der Waals surface area (Å²) in [4.78, 5) is 79.7. The molecule has 0 radical (unpaired) electrons. The number of nitrogens with zero attached hydrogens (tertiary/aromatic N) is 6. The van der Waals surface area contributed by atoms with E-state index < -0.39 is 97.4 Å². The minimum Gasteiger partial charge on any atom is -0.724 e. The predicted octanol–water partition coefficient (Wildman–Crippen LogP) is -9.41. The summed E-state index contributed by atoms with van der Waals surface area (Å²) in [6.45, 7) is 2.80. The maximum Gasteiger partial charge on any atom is 1.00 e. The van der Waals surface area contributed by atoms with Gasteiger partial charge in [0.15, 0.2) is 0 Å². The molecule has 62 heavy (non-hydrogen) atoms. The van der Waals surface area contributed by atoms with Crippen molar-refractivity contribution in [3.8, 4) is 0 Å². The summed E-state index contributed by atoms with van der Waals surface area (Å²) in [6, 6.07) is -6.17. The molecule has 0 aromatic rings. The second kappa shape index (κ2) is 21.1. The molecule has 0 aromatic carbocycles. The van der Waals surface area contributed by atoms with Crippen LogP contribution in [0.1, 0.15) is 51.4 Å². The average molecular weight is 959 g/mol. The quantitative estimate of drug-likeness (QED) is 0.0376. The van der Waals surface area contributed by atoms with Crippen LogP contribution in [0.25, 0.3) is 0 Å². The number of nitrogens with one attached hydrogen (secondary N) is 3. The van der Waals surface area contributed by atoms with E-state index in [4.69, 9.17) is 10.6 Å². The van der Waals surface area contributed by atoms with Gasteiger partial charge in [-0.3, -0.25) is 19.2 Å². The van der Waals surface area contributed by atoms with Gasteiger partial charge in [-0.2, -0.15) is 28.0 Å². The summed E-state index contributed by atoms with van der Waals surface area (Å²) in [5.41, 5.74) is 10.9. The van der Waals surface area contributed by atoms with Crippen LogP contribution in [0, 0.1) is 0 Å². The minimum absolute atomic E-state index is 0. The van der Waals surface area contributed by atoms with E-state index in [0.717, 1.165) is 35.7 Å². The number of carbonyl (C=O) groups excluding carboxylic acids is 6. The summed E-state index contributed by atoms with van der Waals surface area (Å²) in [5.74, 6) is -1.42. The number of hydroxylamine groups is 7. The molecular formula is C28H45N11NaO19S3-. The van der Waals surface area contributed by atoms with Gasteiger partial charge in [0.05, 0.1) is 18.1 Å². The number of quaternary nitrogens is 1. The number of rotatable bonds is 13.